The first kappa shape index (κ1) is 16.7. The summed E-state index contributed by atoms with van der Waals surface area (Å²) >= 11 is 0. The van der Waals surface area contributed by atoms with Gasteiger partial charge in [-0.05, 0) is 25.0 Å². The first-order chi connectivity index (χ1) is 10.0. The van der Waals surface area contributed by atoms with E-state index < -0.39 is 17.4 Å². The van der Waals surface area contributed by atoms with Gasteiger partial charge in [0.15, 0.2) is 0 Å². The molecule has 0 fully saturated rings. The van der Waals surface area contributed by atoms with Crippen molar-refractivity contribution in [1.29, 1.82) is 0 Å². The molecule has 1 rings (SSSR count). The van der Waals surface area contributed by atoms with Gasteiger partial charge in [0.05, 0.1) is 13.2 Å². The number of hydrogen-bond donors (Lipinski definition) is 0. The number of esters is 2. The highest BCUT2D eigenvalue weighted by atomic mass is 16.6. The Morgan fingerprint density at radius 2 is 1.57 bits per heavy atom. The number of rotatable bonds is 7. The topological polar surface area (TPSA) is 52.6 Å². The summed E-state index contributed by atoms with van der Waals surface area (Å²) in [6.07, 6.45) is 1.38. The van der Waals surface area contributed by atoms with E-state index in [1.807, 2.05) is 0 Å². The molecule has 4 nitrogen and oxygen atoms in total. The highest BCUT2D eigenvalue weighted by Gasteiger charge is 2.52. The fourth-order valence-corrected chi connectivity index (χ4v) is 2.09. The Morgan fingerprint density at radius 3 is 1.95 bits per heavy atom. The lowest BCUT2D eigenvalue weighted by molar-refractivity contribution is -0.162. The maximum absolute atomic E-state index is 12.6. The molecule has 0 unspecified atom stereocenters. The van der Waals surface area contributed by atoms with Crippen LogP contribution in [0.15, 0.2) is 55.1 Å². The molecule has 0 amide bonds. The van der Waals surface area contributed by atoms with Gasteiger partial charge in [0, 0.05) is 0 Å². The minimum Gasteiger partial charge on any atom is -0.465 e. The van der Waals surface area contributed by atoms with E-state index in [0.717, 1.165) is 0 Å². The fraction of sp³-hybridized carbons (Fsp3) is 0.294. The molecule has 0 radical (unpaired) electrons. The second-order valence-electron chi connectivity index (χ2n) is 4.29. The van der Waals surface area contributed by atoms with Gasteiger partial charge in [-0.25, -0.2) is 0 Å². The van der Waals surface area contributed by atoms with Crippen LogP contribution in [0.2, 0.25) is 0 Å². The number of allylic oxidation sites excluding steroid dienone is 1. The van der Waals surface area contributed by atoms with Crippen LogP contribution in [0.25, 0.3) is 0 Å². The van der Waals surface area contributed by atoms with Crippen molar-refractivity contribution in [1.82, 2.24) is 0 Å². The zero-order valence-corrected chi connectivity index (χ0v) is 12.4. The average Bonchev–Trinajstić information content (AvgIpc) is 2.49. The number of carbonyl (C=O) groups is 2. The van der Waals surface area contributed by atoms with Gasteiger partial charge in [0.1, 0.15) is 0 Å². The lowest BCUT2D eigenvalue weighted by Crippen LogP contribution is -2.47. The van der Waals surface area contributed by atoms with Gasteiger partial charge in [0.25, 0.3) is 0 Å². The van der Waals surface area contributed by atoms with E-state index >= 15 is 0 Å². The van der Waals surface area contributed by atoms with Crippen LogP contribution in [-0.2, 0) is 24.5 Å². The number of benzene rings is 1. The van der Waals surface area contributed by atoms with Crippen molar-refractivity contribution in [3.63, 3.8) is 0 Å². The van der Waals surface area contributed by atoms with E-state index in [1.165, 1.54) is 6.08 Å². The second kappa shape index (κ2) is 7.43. The Morgan fingerprint density at radius 1 is 1.10 bits per heavy atom. The third-order valence-corrected chi connectivity index (χ3v) is 3.10. The van der Waals surface area contributed by atoms with Gasteiger partial charge in [-0.3, -0.25) is 9.59 Å². The quantitative estimate of drug-likeness (QED) is 0.440. The van der Waals surface area contributed by atoms with Crippen molar-refractivity contribution < 1.29 is 19.1 Å². The van der Waals surface area contributed by atoms with Crippen molar-refractivity contribution in [2.45, 2.75) is 19.3 Å². The molecule has 0 heterocycles. The molecule has 4 heteroatoms. The summed E-state index contributed by atoms with van der Waals surface area (Å²) in [7, 11) is 0. The Hall–Kier alpha value is -2.36. The zero-order chi connectivity index (χ0) is 15.9. The molecule has 112 valence electrons. The molecule has 0 aromatic heterocycles. The van der Waals surface area contributed by atoms with Crippen molar-refractivity contribution >= 4 is 11.9 Å². The standard InChI is InChI=1S/C17H20O4/c1-5-13(4)17(15(18)20-6-2,16(19)21-7-3)14-11-9-8-10-12-14/h5,8-12H,1,4,6-7H2,2-3H3. The molecule has 0 saturated carbocycles. The van der Waals surface area contributed by atoms with E-state index in [0.29, 0.717) is 5.56 Å². The van der Waals surface area contributed by atoms with Gasteiger partial charge < -0.3 is 9.47 Å². The minimum atomic E-state index is -1.71. The summed E-state index contributed by atoms with van der Waals surface area (Å²) < 4.78 is 10.2. The minimum absolute atomic E-state index is 0.150. The van der Waals surface area contributed by atoms with Gasteiger partial charge in [-0.1, -0.05) is 49.6 Å². The average molecular weight is 288 g/mol. The lowest BCUT2D eigenvalue weighted by atomic mass is 9.74. The van der Waals surface area contributed by atoms with Gasteiger partial charge in [0.2, 0.25) is 5.41 Å². The molecule has 0 aliphatic heterocycles. The summed E-state index contributed by atoms with van der Waals surface area (Å²) in [5.41, 5.74) is -1.04. The van der Waals surface area contributed by atoms with Crippen LogP contribution in [0.1, 0.15) is 19.4 Å². The fourth-order valence-electron chi connectivity index (χ4n) is 2.09. The molecular weight excluding hydrogens is 268 g/mol. The van der Waals surface area contributed by atoms with E-state index in [9.17, 15) is 9.59 Å². The van der Waals surface area contributed by atoms with Crippen LogP contribution in [0, 0.1) is 0 Å². The molecule has 0 spiro atoms. The molecule has 0 N–H and O–H groups in total. The highest BCUT2D eigenvalue weighted by molar-refractivity contribution is 6.10. The van der Waals surface area contributed by atoms with E-state index in [2.05, 4.69) is 13.2 Å². The molecule has 21 heavy (non-hydrogen) atoms. The molecule has 1 aromatic rings. The smallest absolute Gasteiger partial charge is 0.332 e. The number of ether oxygens (including phenoxy) is 2. The SMILES string of the molecule is C=CC(=C)C(C(=O)OCC)(C(=O)OCC)c1ccccc1. The Labute approximate surface area is 125 Å². The van der Waals surface area contributed by atoms with E-state index in [-0.39, 0.29) is 18.8 Å². The second-order valence-corrected chi connectivity index (χ2v) is 4.29. The highest BCUT2D eigenvalue weighted by Crippen LogP contribution is 2.35. The molecule has 0 bridgehead atoms. The molecule has 0 aliphatic rings. The third kappa shape index (κ3) is 3.05. The monoisotopic (exact) mass is 288 g/mol. The van der Waals surface area contributed by atoms with Crippen LogP contribution >= 0.6 is 0 Å². The third-order valence-electron chi connectivity index (χ3n) is 3.10. The number of hydrogen-bond acceptors (Lipinski definition) is 4. The first-order valence-corrected chi connectivity index (χ1v) is 6.77. The summed E-state index contributed by atoms with van der Waals surface area (Å²) in [5.74, 6) is -1.42. The van der Waals surface area contributed by atoms with Gasteiger partial charge in [-0.2, -0.15) is 0 Å². The van der Waals surface area contributed by atoms with Crippen LogP contribution < -0.4 is 0 Å². The zero-order valence-electron chi connectivity index (χ0n) is 12.4. The Bertz CT molecular complexity index is 513. The van der Waals surface area contributed by atoms with Crippen LogP contribution in [0.3, 0.4) is 0 Å². The largest absolute Gasteiger partial charge is 0.465 e. The van der Waals surface area contributed by atoms with Gasteiger partial charge >= 0.3 is 11.9 Å². The van der Waals surface area contributed by atoms with E-state index in [1.54, 1.807) is 44.2 Å². The van der Waals surface area contributed by atoms with E-state index in [4.69, 9.17) is 9.47 Å². The van der Waals surface area contributed by atoms with Crippen molar-refractivity contribution in [2.75, 3.05) is 13.2 Å². The summed E-state index contributed by atoms with van der Waals surface area (Å²) in [5, 5.41) is 0. The first-order valence-electron chi connectivity index (χ1n) is 6.77. The van der Waals surface area contributed by atoms with Crippen molar-refractivity contribution in [2.24, 2.45) is 0 Å². The van der Waals surface area contributed by atoms with Crippen LogP contribution in [0.5, 0.6) is 0 Å². The predicted octanol–water partition coefficient (Wildman–Crippen LogP) is 2.79. The summed E-state index contributed by atoms with van der Waals surface area (Å²) in [6, 6.07) is 8.60. The molecule has 0 atom stereocenters. The molecular formula is C17H20O4. The number of carbonyl (C=O) groups excluding carboxylic acids is 2. The molecule has 1 aromatic carbocycles. The van der Waals surface area contributed by atoms with Crippen molar-refractivity contribution in [3.05, 3.63) is 60.7 Å². The molecule has 0 aliphatic carbocycles. The normalized spacial score (nSPS) is 10.6. The maximum atomic E-state index is 12.6. The predicted molar refractivity (Wildman–Crippen MR) is 80.7 cm³/mol. The van der Waals surface area contributed by atoms with Crippen LogP contribution in [-0.4, -0.2) is 25.2 Å². The van der Waals surface area contributed by atoms with Crippen LogP contribution in [0.4, 0.5) is 0 Å². The van der Waals surface area contributed by atoms with Crippen molar-refractivity contribution in [3.8, 4) is 0 Å². The Balaban J connectivity index is 3.56. The summed E-state index contributed by atoms with van der Waals surface area (Å²) in [6.45, 7) is 11.1. The summed E-state index contributed by atoms with van der Waals surface area (Å²) in [4.78, 5) is 25.1. The molecule has 0 saturated heterocycles. The van der Waals surface area contributed by atoms with Gasteiger partial charge in [-0.15, -0.1) is 0 Å². The lowest BCUT2D eigenvalue weighted by Gasteiger charge is -2.30. The maximum Gasteiger partial charge on any atom is 0.332 e. The Kier molecular flexibility index (Phi) is 5.91.